The zero-order valence-electron chi connectivity index (χ0n) is 28.5. The predicted octanol–water partition coefficient (Wildman–Crippen LogP) is 10.8. The molecular formula is C36H28ClF9N2O5S2. The smallest absolute Gasteiger partial charge is 0.341 e. The van der Waals surface area contributed by atoms with Gasteiger partial charge in [-0.25, -0.2) is 0 Å². The van der Waals surface area contributed by atoms with E-state index in [-0.39, 0.29) is 17.1 Å². The number of aryl methyl sites for hydroxylation is 1. The summed E-state index contributed by atoms with van der Waals surface area (Å²) in [5.41, 5.74) is 1.74. The molecule has 0 radical (unpaired) electrons. The zero-order chi connectivity index (χ0) is 40.7. The molecule has 294 valence electrons. The van der Waals surface area contributed by atoms with Crippen LogP contribution in [0, 0.1) is 0 Å². The first-order valence-electron chi connectivity index (χ1n) is 16.2. The average Bonchev–Trinajstić information content (AvgIpc) is 3.44. The summed E-state index contributed by atoms with van der Waals surface area (Å²) >= 11 is 6.89. The molecule has 0 atom stereocenters. The summed E-state index contributed by atoms with van der Waals surface area (Å²) in [7, 11) is -7.41. The summed E-state index contributed by atoms with van der Waals surface area (Å²) in [6.07, 6.45) is -2.80. The maximum atomic E-state index is 14.4. The van der Waals surface area contributed by atoms with Gasteiger partial charge in [0.2, 0.25) is 5.78 Å². The minimum absolute atomic E-state index is 0.166. The lowest BCUT2D eigenvalue weighted by atomic mass is 9.92. The Labute approximate surface area is 316 Å². The number of aromatic nitrogens is 1. The molecular weight excluding hydrogens is 811 g/mol. The number of ketones is 2. The monoisotopic (exact) mass is 838 g/mol. The van der Waals surface area contributed by atoms with Gasteiger partial charge < -0.3 is 4.57 Å². The standard InChI is InChI=1S/C36H28ClF9N2O5S2/c1-3-48-29-14-8-21(31(49)25-7-5-4-6-20(25)2)18-26(29)27-19-22(9-15-30(27)48)32(50)28(16-17-54-24-12-10-23(37)11-13-24)47-53-55(51,52)36(45,46)34(40,41)33(38,39)35(42,43)44/h5,7-15,18-19H,3-4,6,16-17H2,1-2H3/b47-28+. The fourth-order valence-electron chi connectivity index (χ4n) is 5.75. The Morgan fingerprint density at radius 3 is 2.02 bits per heavy atom. The van der Waals surface area contributed by atoms with Crippen molar-refractivity contribution >= 4 is 72.6 Å². The second kappa shape index (κ2) is 15.3. The fraction of sp³-hybridized carbons (Fsp3) is 0.306. The Hall–Kier alpha value is -4.29. The molecule has 55 heavy (non-hydrogen) atoms. The van der Waals surface area contributed by atoms with Crippen molar-refractivity contribution in [1.29, 1.82) is 0 Å². The maximum Gasteiger partial charge on any atom is 0.460 e. The molecule has 3 aromatic carbocycles. The molecule has 0 saturated carbocycles. The van der Waals surface area contributed by atoms with Crippen LogP contribution in [0.5, 0.6) is 0 Å². The van der Waals surface area contributed by atoms with E-state index in [1.807, 2.05) is 24.5 Å². The molecule has 0 amide bonds. The molecule has 1 heterocycles. The third-order valence-electron chi connectivity index (χ3n) is 8.74. The topological polar surface area (TPSA) is 94.8 Å². The highest BCUT2D eigenvalue weighted by Gasteiger charge is 2.86. The molecule has 1 aliphatic carbocycles. The normalized spacial score (nSPS) is 14.9. The minimum atomic E-state index is -7.57. The Kier molecular flexibility index (Phi) is 11.7. The zero-order valence-corrected chi connectivity index (χ0v) is 30.9. The SMILES string of the molecule is CCn1c2ccc(C(=O)C3=C(C)CCC=C3)cc2c2cc(C(=O)/C(CCSc3ccc(Cl)cc3)=N/OS(=O)(=O)C(F)(F)C(F)(F)C(F)(F)C(F)(F)F)ccc21. The van der Waals surface area contributed by atoms with Crippen molar-refractivity contribution in [2.24, 2.45) is 5.16 Å². The Morgan fingerprint density at radius 1 is 0.873 bits per heavy atom. The highest BCUT2D eigenvalue weighted by Crippen LogP contribution is 2.55. The number of fused-ring (bicyclic) bond motifs is 3. The largest absolute Gasteiger partial charge is 0.460 e. The van der Waals surface area contributed by atoms with Gasteiger partial charge in [0.15, 0.2) is 5.78 Å². The Morgan fingerprint density at radius 2 is 1.45 bits per heavy atom. The molecule has 1 aliphatic rings. The van der Waals surface area contributed by atoms with Crippen molar-refractivity contribution in [3.8, 4) is 0 Å². The van der Waals surface area contributed by atoms with Crippen LogP contribution >= 0.6 is 23.4 Å². The van der Waals surface area contributed by atoms with E-state index in [9.17, 15) is 57.5 Å². The second-order valence-corrected chi connectivity index (χ2v) is 15.5. The lowest BCUT2D eigenvalue weighted by Crippen LogP contribution is -2.63. The number of allylic oxidation sites excluding steroid dienone is 4. The Bertz CT molecular complexity index is 2370. The molecule has 0 saturated heterocycles. The fourth-order valence-corrected chi connectivity index (χ4v) is 7.46. The number of thioether (sulfide) groups is 1. The summed E-state index contributed by atoms with van der Waals surface area (Å²) in [6, 6.07) is 15.2. The molecule has 0 bridgehead atoms. The van der Waals surface area contributed by atoms with E-state index in [4.69, 9.17) is 11.6 Å². The van der Waals surface area contributed by atoms with Crippen LogP contribution in [0.3, 0.4) is 0 Å². The summed E-state index contributed by atoms with van der Waals surface area (Å²) in [6.45, 7) is 4.12. The van der Waals surface area contributed by atoms with Crippen molar-refractivity contribution in [2.45, 2.75) is 67.8 Å². The van der Waals surface area contributed by atoms with E-state index < -0.39 is 51.3 Å². The van der Waals surface area contributed by atoms with E-state index in [0.717, 1.165) is 23.8 Å². The number of carbonyl (C=O) groups excluding carboxylic acids is 2. The van der Waals surface area contributed by atoms with Crippen LogP contribution in [0.2, 0.25) is 5.02 Å². The molecule has 19 heteroatoms. The number of carbonyl (C=O) groups is 2. The number of benzene rings is 3. The number of nitrogens with zero attached hydrogens (tertiary/aromatic N) is 2. The third kappa shape index (κ3) is 7.77. The van der Waals surface area contributed by atoms with Gasteiger partial charge >= 0.3 is 33.4 Å². The number of hydrogen-bond donors (Lipinski definition) is 0. The molecule has 5 rings (SSSR count). The van der Waals surface area contributed by atoms with Crippen LogP contribution in [0.1, 0.15) is 53.8 Å². The highest BCUT2D eigenvalue weighted by atomic mass is 35.5. The molecule has 0 aliphatic heterocycles. The first kappa shape index (κ1) is 41.9. The molecule has 0 spiro atoms. The lowest BCUT2D eigenvalue weighted by molar-refractivity contribution is -0.382. The van der Waals surface area contributed by atoms with E-state index in [0.29, 0.717) is 55.8 Å². The molecule has 0 N–H and O–H groups in total. The first-order chi connectivity index (χ1) is 25.6. The maximum absolute atomic E-state index is 14.4. The highest BCUT2D eigenvalue weighted by molar-refractivity contribution is 7.99. The quantitative estimate of drug-likeness (QED) is 0.0413. The summed E-state index contributed by atoms with van der Waals surface area (Å²) < 4.78 is 152. The van der Waals surface area contributed by atoms with Crippen LogP contribution in [0.15, 0.2) is 94.0 Å². The summed E-state index contributed by atoms with van der Waals surface area (Å²) in [4.78, 5) is 27.9. The van der Waals surface area contributed by atoms with E-state index in [2.05, 4.69) is 9.44 Å². The predicted molar refractivity (Wildman–Crippen MR) is 190 cm³/mol. The van der Waals surface area contributed by atoms with Crippen LogP contribution in [0.25, 0.3) is 21.8 Å². The molecule has 1 aromatic heterocycles. The molecule has 7 nitrogen and oxygen atoms in total. The number of Topliss-reactive ketones (excluding diaryl/α,β-unsaturated/α-hetero) is 2. The van der Waals surface area contributed by atoms with Gasteiger partial charge in [-0.15, -0.1) is 11.8 Å². The van der Waals surface area contributed by atoms with Gasteiger partial charge in [-0.2, -0.15) is 47.9 Å². The van der Waals surface area contributed by atoms with Crippen molar-refractivity contribution in [3.05, 3.63) is 100 Å². The van der Waals surface area contributed by atoms with E-state index in [1.54, 1.807) is 36.4 Å². The second-order valence-electron chi connectivity index (χ2n) is 12.3. The number of rotatable bonds is 14. The Balaban J connectivity index is 1.56. The number of alkyl halides is 9. The van der Waals surface area contributed by atoms with Crippen molar-refractivity contribution in [2.75, 3.05) is 5.75 Å². The molecule has 4 aromatic rings. The van der Waals surface area contributed by atoms with Gasteiger partial charge in [-0.3, -0.25) is 13.9 Å². The number of hydrogen-bond acceptors (Lipinski definition) is 7. The van der Waals surface area contributed by atoms with Gasteiger partial charge in [-0.1, -0.05) is 34.5 Å². The van der Waals surface area contributed by atoms with Crippen molar-refractivity contribution in [1.82, 2.24) is 4.57 Å². The minimum Gasteiger partial charge on any atom is -0.341 e. The van der Waals surface area contributed by atoms with Gasteiger partial charge in [0, 0.05) is 67.1 Å². The van der Waals surface area contributed by atoms with E-state index in [1.165, 1.54) is 30.3 Å². The summed E-state index contributed by atoms with van der Waals surface area (Å²) in [5.74, 6) is -16.7. The average molecular weight is 839 g/mol. The first-order valence-corrected chi connectivity index (χ1v) is 18.9. The van der Waals surface area contributed by atoms with Crippen LogP contribution in [0.4, 0.5) is 39.5 Å². The van der Waals surface area contributed by atoms with Crippen molar-refractivity contribution < 1.29 is 61.8 Å². The van der Waals surface area contributed by atoms with E-state index >= 15 is 0 Å². The van der Waals surface area contributed by atoms with Crippen LogP contribution < -0.4 is 0 Å². The summed E-state index contributed by atoms with van der Waals surface area (Å²) in [5, 5.41) is -3.06. The molecule has 0 fully saturated rings. The van der Waals surface area contributed by atoms with Crippen LogP contribution in [-0.4, -0.2) is 59.3 Å². The van der Waals surface area contributed by atoms with Gasteiger partial charge in [0.1, 0.15) is 5.71 Å². The lowest BCUT2D eigenvalue weighted by Gasteiger charge is -2.31. The number of halogens is 10. The van der Waals surface area contributed by atoms with Crippen molar-refractivity contribution in [3.63, 3.8) is 0 Å². The van der Waals surface area contributed by atoms with Gasteiger partial charge in [0.25, 0.3) is 0 Å². The number of oxime groups is 1. The van der Waals surface area contributed by atoms with Crippen LogP contribution in [-0.2, 0) is 20.9 Å². The van der Waals surface area contributed by atoms with Gasteiger partial charge in [0.05, 0.1) is 0 Å². The third-order valence-corrected chi connectivity index (χ3v) is 11.2. The van der Waals surface area contributed by atoms with Gasteiger partial charge in [-0.05, 0) is 87.4 Å². The molecule has 0 unspecified atom stereocenters.